The molecular formula is C18H23N5O3. The molecule has 0 aliphatic carbocycles. The van der Waals surface area contributed by atoms with E-state index >= 15 is 0 Å². The number of hydrogen-bond donors (Lipinski definition) is 1. The summed E-state index contributed by atoms with van der Waals surface area (Å²) in [5.41, 5.74) is 1.84. The zero-order valence-electron chi connectivity index (χ0n) is 14.9. The number of ether oxygens (including phenoxy) is 1. The molecule has 0 atom stereocenters. The Morgan fingerprint density at radius 1 is 1.27 bits per heavy atom. The van der Waals surface area contributed by atoms with Crippen molar-refractivity contribution in [3.8, 4) is 0 Å². The molecule has 3 rings (SSSR count). The van der Waals surface area contributed by atoms with Crippen molar-refractivity contribution in [1.82, 2.24) is 19.4 Å². The van der Waals surface area contributed by atoms with E-state index in [9.17, 15) is 9.59 Å². The summed E-state index contributed by atoms with van der Waals surface area (Å²) in [5, 5.41) is 3.27. The Labute approximate surface area is 151 Å². The van der Waals surface area contributed by atoms with E-state index in [4.69, 9.17) is 4.74 Å². The molecule has 138 valence electrons. The Kier molecular flexibility index (Phi) is 5.96. The van der Waals surface area contributed by atoms with Gasteiger partial charge in [0.05, 0.1) is 12.3 Å². The lowest BCUT2D eigenvalue weighted by atomic mass is 10.1. The molecule has 3 heterocycles. The molecule has 26 heavy (non-hydrogen) atoms. The number of pyridine rings is 1. The third-order valence-electron chi connectivity index (χ3n) is 4.44. The summed E-state index contributed by atoms with van der Waals surface area (Å²) in [6, 6.07) is 4.88. The Balaban J connectivity index is 1.68. The van der Waals surface area contributed by atoms with Gasteiger partial charge in [0.15, 0.2) is 0 Å². The van der Waals surface area contributed by atoms with E-state index < -0.39 is 0 Å². The van der Waals surface area contributed by atoms with Crippen LogP contribution in [0.2, 0.25) is 0 Å². The summed E-state index contributed by atoms with van der Waals surface area (Å²) >= 11 is 0. The van der Waals surface area contributed by atoms with E-state index in [1.807, 2.05) is 0 Å². The predicted molar refractivity (Wildman–Crippen MR) is 97.1 cm³/mol. The first-order valence-electron chi connectivity index (χ1n) is 8.68. The number of rotatable bonds is 6. The fourth-order valence-electron chi connectivity index (χ4n) is 3.04. The highest BCUT2D eigenvalue weighted by molar-refractivity contribution is 5.76. The third-order valence-corrected chi connectivity index (χ3v) is 4.44. The van der Waals surface area contributed by atoms with Gasteiger partial charge >= 0.3 is 0 Å². The molecule has 1 aliphatic rings. The molecule has 0 unspecified atom stereocenters. The second-order valence-electron chi connectivity index (χ2n) is 6.11. The van der Waals surface area contributed by atoms with Gasteiger partial charge in [0.2, 0.25) is 5.91 Å². The van der Waals surface area contributed by atoms with Crippen molar-refractivity contribution in [2.24, 2.45) is 0 Å². The predicted octanol–water partition coefficient (Wildman–Crippen LogP) is 0.324. The van der Waals surface area contributed by atoms with Gasteiger partial charge in [-0.1, -0.05) is 6.07 Å². The van der Waals surface area contributed by atoms with Crippen LogP contribution in [0.1, 0.15) is 11.3 Å². The minimum Gasteiger partial charge on any atom is -0.383 e. The molecule has 1 N–H and O–H groups in total. The monoisotopic (exact) mass is 357 g/mol. The number of methoxy groups -OCH3 is 1. The van der Waals surface area contributed by atoms with Crippen LogP contribution in [0.25, 0.3) is 0 Å². The molecule has 8 nitrogen and oxygen atoms in total. The van der Waals surface area contributed by atoms with E-state index in [1.165, 1.54) is 10.6 Å². The zero-order chi connectivity index (χ0) is 18.4. The molecule has 0 bridgehead atoms. The van der Waals surface area contributed by atoms with Crippen LogP contribution in [-0.4, -0.2) is 58.7 Å². The van der Waals surface area contributed by atoms with Gasteiger partial charge in [-0.3, -0.25) is 9.59 Å². The maximum Gasteiger partial charge on any atom is 0.250 e. The summed E-state index contributed by atoms with van der Waals surface area (Å²) in [4.78, 5) is 34.9. The van der Waals surface area contributed by atoms with Crippen LogP contribution in [0.15, 0.2) is 35.5 Å². The van der Waals surface area contributed by atoms with Crippen molar-refractivity contribution in [3.63, 3.8) is 0 Å². The van der Waals surface area contributed by atoms with E-state index in [1.54, 1.807) is 36.7 Å². The first kappa shape index (κ1) is 18.1. The smallest absolute Gasteiger partial charge is 0.250 e. The van der Waals surface area contributed by atoms with Gasteiger partial charge in [-0.15, -0.1) is 0 Å². The van der Waals surface area contributed by atoms with Gasteiger partial charge in [0, 0.05) is 51.0 Å². The Morgan fingerprint density at radius 3 is 2.92 bits per heavy atom. The van der Waals surface area contributed by atoms with Crippen molar-refractivity contribution in [2.45, 2.75) is 19.4 Å². The van der Waals surface area contributed by atoms with Crippen LogP contribution in [0, 0.1) is 0 Å². The number of amides is 1. The Morgan fingerprint density at radius 2 is 2.12 bits per heavy atom. The highest BCUT2D eigenvalue weighted by atomic mass is 16.5. The fraction of sp³-hybridized carbons (Fsp3) is 0.444. The first-order chi connectivity index (χ1) is 12.7. The standard InChI is InChI=1S/C18H23N5O3/c1-26-11-7-19-18-14-5-9-22(10-6-15(14)20-13-21-18)17(25)12-23-8-3-2-4-16(23)24/h2-4,8,13H,5-7,9-12H2,1H3,(H,19,20,21). The van der Waals surface area contributed by atoms with Gasteiger partial charge < -0.3 is 19.5 Å². The molecular weight excluding hydrogens is 334 g/mol. The third kappa shape index (κ3) is 4.26. The van der Waals surface area contributed by atoms with Crippen LogP contribution in [0.4, 0.5) is 5.82 Å². The molecule has 0 saturated heterocycles. The van der Waals surface area contributed by atoms with Crippen molar-refractivity contribution < 1.29 is 9.53 Å². The molecule has 8 heteroatoms. The average molecular weight is 357 g/mol. The molecule has 0 fully saturated rings. The SMILES string of the molecule is COCCNc1ncnc2c1CCN(C(=O)Cn1ccccc1=O)CC2. The van der Waals surface area contributed by atoms with Gasteiger partial charge in [0.1, 0.15) is 18.7 Å². The van der Waals surface area contributed by atoms with Gasteiger partial charge in [-0.05, 0) is 12.5 Å². The highest BCUT2D eigenvalue weighted by Gasteiger charge is 2.21. The van der Waals surface area contributed by atoms with Crippen molar-refractivity contribution in [2.75, 3.05) is 38.7 Å². The second kappa shape index (κ2) is 8.57. The number of nitrogens with one attached hydrogen (secondary N) is 1. The van der Waals surface area contributed by atoms with E-state index in [2.05, 4.69) is 15.3 Å². The molecule has 0 spiro atoms. The minimum absolute atomic E-state index is 0.0562. The summed E-state index contributed by atoms with van der Waals surface area (Å²) in [6.45, 7) is 2.48. The number of anilines is 1. The highest BCUT2D eigenvalue weighted by Crippen LogP contribution is 2.20. The number of hydrogen-bond acceptors (Lipinski definition) is 6. The summed E-state index contributed by atoms with van der Waals surface area (Å²) in [5.74, 6) is 0.744. The first-order valence-corrected chi connectivity index (χ1v) is 8.68. The topological polar surface area (TPSA) is 89.3 Å². The molecule has 0 saturated carbocycles. The van der Waals surface area contributed by atoms with E-state index in [0.717, 1.165) is 17.1 Å². The van der Waals surface area contributed by atoms with Crippen LogP contribution >= 0.6 is 0 Å². The molecule has 1 amide bonds. The average Bonchev–Trinajstić information content (AvgIpc) is 2.87. The Hall–Kier alpha value is -2.74. The van der Waals surface area contributed by atoms with E-state index in [0.29, 0.717) is 39.1 Å². The summed E-state index contributed by atoms with van der Waals surface area (Å²) in [6.07, 6.45) is 4.54. The maximum absolute atomic E-state index is 12.6. The molecule has 0 aromatic carbocycles. The lowest BCUT2D eigenvalue weighted by Crippen LogP contribution is -2.37. The van der Waals surface area contributed by atoms with Gasteiger partial charge in [-0.25, -0.2) is 9.97 Å². The van der Waals surface area contributed by atoms with Crippen molar-refractivity contribution >= 4 is 11.7 Å². The number of fused-ring (bicyclic) bond motifs is 1. The van der Waals surface area contributed by atoms with Crippen LogP contribution in [0.5, 0.6) is 0 Å². The lowest BCUT2D eigenvalue weighted by Gasteiger charge is -2.20. The van der Waals surface area contributed by atoms with Crippen molar-refractivity contribution in [1.29, 1.82) is 0 Å². The number of nitrogens with zero attached hydrogens (tertiary/aromatic N) is 4. The lowest BCUT2D eigenvalue weighted by molar-refractivity contribution is -0.131. The number of carbonyl (C=O) groups is 1. The van der Waals surface area contributed by atoms with Gasteiger partial charge in [0.25, 0.3) is 5.56 Å². The molecule has 1 aliphatic heterocycles. The zero-order valence-corrected chi connectivity index (χ0v) is 14.9. The van der Waals surface area contributed by atoms with Crippen LogP contribution in [0.3, 0.4) is 0 Å². The normalized spacial score (nSPS) is 13.8. The number of aromatic nitrogens is 3. The quantitative estimate of drug-likeness (QED) is 0.749. The fourth-order valence-corrected chi connectivity index (χ4v) is 3.04. The van der Waals surface area contributed by atoms with Crippen LogP contribution in [-0.2, 0) is 28.9 Å². The largest absolute Gasteiger partial charge is 0.383 e. The van der Waals surface area contributed by atoms with Crippen LogP contribution < -0.4 is 10.9 Å². The Bertz CT molecular complexity index is 820. The number of carbonyl (C=O) groups excluding carboxylic acids is 1. The molecule has 0 radical (unpaired) electrons. The van der Waals surface area contributed by atoms with Crippen molar-refractivity contribution in [3.05, 3.63) is 52.3 Å². The summed E-state index contributed by atoms with van der Waals surface area (Å²) < 4.78 is 6.49. The molecule has 2 aromatic rings. The molecule has 2 aromatic heterocycles. The maximum atomic E-state index is 12.6. The summed E-state index contributed by atoms with van der Waals surface area (Å²) in [7, 11) is 1.66. The second-order valence-corrected chi connectivity index (χ2v) is 6.11. The van der Waals surface area contributed by atoms with E-state index in [-0.39, 0.29) is 18.0 Å². The minimum atomic E-state index is -0.172. The van der Waals surface area contributed by atoms with Gasteiger partial charge in [-0.2, -0.15) is 0 Å².